The summed E-state index contributed by atoms with van der Waals surface area (Å²) in [6, 6.07) is 17.7. The van der Waals surface area contributed by atoms with Crippen LogP contribution in [0.1, 0.15) is 37.4 Å². The highest BCUT2D eigenvalue weighted by atomic mass is 16.5. The van der Waals surface area contributed by atoms with Gasteiger partial charge in [-0.15, -0.1) is 0 Å². The normalized spacial score (nSPS) is 18.6. The first kappa shape index (κ1) is 21.4. The molecule has 1 fully saturated rings. The number of imidazole rings is 1. The lowest BCUT2D eigenvalue weighted by Gasteiger charge is -2.29. The molecule has 0 aliphatic heterocycles. The van der Waals surface area contributed by atoms with Gasteiger partial charge in [0.2, 0.25) is 0 Å². The van der Waals surface area contributed by atoms with Crippen molar-refractivity contribution in [3.8, 4) is 22.8 Å². The maximum atomic E-state index is 6.30. The number of nitrogens with two attached hydrogens (primary N) is 1. The third-order valence-corrected chi connectivity index (χ3v) is 6.43. The summed E-state index contributed by atoms with van der Waals surface area (Å²) in [6.45, 7) is 1.15. The molecule has 2 aromatic heterocycles. The standard InChI is InChI=1S/C26H30N6O/c1-31(2)16-18-8-10-20(11-9-18)26-30-23(24-25(27)28-17-29-32(24)26)19-12-14-22(15-13-19)33-21-6-4-3-5-7-21/h3-7,12-15,17-18,20H,8-11,16H2,1-2H3,(H2,27,28,29)/t18-,20-. The number of para-hydroxylation sites is 1. The van der Waals surface area contributed by atoms with E-state index in [0.717, 1.165) is 59.4 Å². The van der Waals surface area contributed by atoms with Gasteiger partial charge in [0.15, 0.2) is 5.82 Å². The SMILES string of the molecule is CN(C)C[C@H]1CC[C@H](c2nc(-c3ccc(Oc4ccccc4)cc3)c3c(N)ncnn32)CC1. The largest absolute Gasteiger partial charge is 0.457 e. The zero-order valence-electron chi connectivity index (χ0n) is 19.2. The van der Waals surface area contributed by atoms with E-state index in [-0.39, 0.29) is 0 Å². The fourth-order valence-corrected chi connectivity index (χ4v) is 4.87. The van der Waals surface area contributed by atoms with Crippen LogP contribution in [0.4, 0.5) is 5.82 Å². The predicted molar refractivity (Wildman–Crippen MR) is 130 cm³/mol. The first-order valence-electron chi connectivity index (χ1n) is 11.6. The maximum absolute atomic E-state index is 6.30. The predicted octanol–water partition coefficient (Wildman–Crippen LogP) is 5.00. The van der Waals surface area contributed by atoms with E-state index in [1.54, 1.807) is 0 Å². The lowest BCUT2D eigenvalue weighted by molar-refractivity contribution is 0.246. The van der Waals surface area contributed by atoms with Gasteiger partial charge < -0.3 is 15.4 Å². The van der Waals surface area contributed by atoms with Crippen molar-refractivity contribution in [3.63, 3.8) is 0 Å². The Balaban J connectivity index is 1.43. The summed E-state index contributed by atoms with van der Waals surface area (Å²) in [7, 11) is 4.30. The van der Waals surface area contributed by atoms with Crippen LogP contribution in [-0.2, 0) is 0 Å². The zero-order valence-corrected chi connectivity index (χ0v) is 19.2. The van der Waals surface area contributed by atoms with Gasteiger partial charge in [-0.05, 0) is 82.1 Å². The van der Waals surface area contributed by atoms with E-state index >= 15 is 0 Å². The molecule has 1 saturated carbocycles. The molecular formula is C26H30N6O. The number of hydrogen-bond donors (Lipinski definition) is 1. The second-order valence-electron chi connectivity index (χ2n) is 9.14. The molecule has 0 radical (unpaired) electrons. The van der Waals surface area contributed by atoms with Gasteiger partial charge >= 0.3 is 0 Å². The Morgan fingerprint density at radius 2 is 1.67 bits per heavy atom. The average molecular weight is 443 g/mol. The molecule has 0 atom stereocenters. The van der Waals surface area contributed by atoms with Gasteiger partial charge in [-0.25, -0.2) is 14.5 Å². The molecule has 170 valence electrons. The van der Waals surface area contributed by atoms with E-state index in [9.17, 15) is 0 Å². The molecule has 0 unspecified atom stereocenters. The van der Waals surface area contributed by atoms with E-state index in [1.807, 2.05) is 59.1 Å². The van der Waals surface area contributed by atoms with Crippen LogP contribution in [0.2, 0.25) is 0 Å². The van der Waals surface area contributed by atoms with E-state index in [4.69, 9.17) is 15.5 Å². The second kappa shape index (κ2) is 9.19. The minimum Gasteiger partial charge on any atom is -0.457 e. The van der Waals surface area contributed by atoms with E-state index in [0.29, 0.717) is 11.7 Å². The van der Waals surface area contributed by atoms with Gasteiger partial charge in [0, 0.05) is 18.0 Å². The Morgan fingerprint density at radius 1 is 0.970 bits per heavy atom. The number of rotatable bonds is 6. The second-order valence-corrected chi connectivity index (χ2v) is 9.14. The minimum absolute atomic E-state index is 0.375. The first-order chi connectivity index (χ1) is 16.1. The number of fused-ring (bicyclic) bond motifs is 1. The molecule has 2 heterocycles. The van der Waals surface area contributed by atoms with Gasteiger partial charge in [-0.3, -0.25) is 0 Å². The molecule has 2 aromatic carbocycles. The fourth-order valence-electron chi connectivity index (χ4n) is 4.87. The van der Waals surface area contributed by atoms with Crippen LogP contribution in [0.25, 0.3) is 16.8 Å². The third kappa shape index (κ3) is 4.54. The molecule has 33 heavy (non-hydrogen) atoms. The number of ether oxygens (including phenoxy) is 1. The minimum atomic E-state index is 0.375. The van der Waals surface area contributed by atoms with Crippen molar-refractivity contribution in [2.24, 2.45) is 5.92 Å². The summed E-state index contributed by atoms with van der Waals surface area (Å²) in [6.07, 6.45) is 6.17. The summed E-state index contributed by atoms with van der Waals surface area (Å²) < 4.78 is 7.85. The van der Waals surface area contributed by atoms with Crippen molar-refractivity contribution in [3.05, 3.63) is 66.7 Å². The number of hydrogen-bond acceptors (Lipinski definition) is 6. The monoisotopic (exact) mass is 442 g/mol. The van der Waals surface area contributed by atoms with Crippen molar-refractivity contribution < 1.29 is 4.74 Å². The number of nitrogen functional groups attached to an aromatic ring is 1. The molecule has 1 aliphatic carbocycles. The molecule has 5 rings (SSSR count). The molecule has 7 heteroatoms. The highest BCUT2D eigenvalue weighted by Crippen LogP contribution is 2.38. The topological polar surface area (TPSA) is 81.6 Å². The summed E-state index contributed by atoms with van der Waals surface area (Å²) in [4.78, 5) is 11.6. The molecule has 2 N–H and O–H groups in total. The quantitative estimate of drug-likeness (QED) is 0.452. The van der Waals surface area contributed by atoms with Crippen LogP contribution in [0.5, 0.6) is 11.5 Å². The van der Waals surface area contributed by atoms with E-state index in [1.165, 1.54) is 19.2 Å². The van der Waals surface area contributed by atoms with Crippen molar-refractivity contribution in [2.45, 2.75) is 31.6 Å². The lowest BCUT2D eigenvalue weighted by Crippen LogP contribution is -2.25. The van der Waals surface area contributed by atoms with Crippen molar-refractivity contribution in [1.29, 1.82) is 0 Å². The smallest absolute Gasteiger partial charge is 0.153 e. The third-order valence-electron chi connectivity index (χ3n) is 6.43. The number of benzene rings is 2. The van der Waals surface area contributed by atoms with Crippen molar-refractivity contribution in [2.75, 3.05) is 26.4 Å². The van der Waals surface area contributed by atoms with Crippen molar-refractivity contribution >= 4 is 11.3 Å². The van der Waals surface area contributed by atoms with Crippen molar-refractivity contribution in [1.82, 2.24) is 24.5 Å². The first-order valence-corrected chi connectivity index (χ1v) is 11.6. The average Bonchev–Trinajstić information content (AvgIpc) is 3.21. The van der Waals surface area contributed by atoms with Crippen LogP contribution < -0.4 is 10.5 Å². The Labute approximate surface area is 194 Å². The molecule has 0 spiro atoms. The summed E-state index contributed by atoms with van der Waals surface area (Å²) >= 11 is 0. The molecule has 0 bridgehead atoms. The Kier molecular flexibility index (Phi) is 5.96. The van der Waals surface area contributed by atoms with Crippen LogP contribution in [-0.4, -0.2) is 45.1 Å². The lowest BCUT2D eigenvalue weighted by atomic mass is 9.81. The summed E-state index contributed by atoms with van der Waals surface area (Å²) in [5, 5.41) is 4.53. The molecule has 7 nitrogen and oxygen atoms in total. The molecular weight excluding hydrogens is 412 g/mol. The Morgan fingerprint density at radius 3 is 2.36 bits per heavy atom. The molecule has 1 aliphatic rings. The summed E-state index contributed by atoms with van der Waals surface area (Å²) in [5.41, 5.74) is 8.88. The van der Waals surface area contributed by atoms with Gasteiger partial charge in [0.1, 0.15) is 34.9 Å². The van der Waals surface area contributed by atoms with E-state index < -0.39 is 0 Å². The van der Waals surface area contributed by atoms with Gasteiger partial charge in [0.05, 0.1) is 0 Å². The van der Waals surface area contributed by atoms with Crippen LogP contribution >= 0.6 is 0 Å². The summed E-state index contributed by atoms with van der Waals surface area (Å²) in [5.74, 6) is 4.14. The van der Waals surface area contributed by atoms with Crippen LogP contribution in [0.3, 0.4) is 0 Å². The number of nitrogens with zero attached hydrogens (tertiary/aromatic N) is 5. The van der Waals surface area contributed by atoms with Gasteiger partial charge in [-0.2, -0.15) is 5.10 Å². The van der Waals surface area contributed by atoms with Crippen LogP contribution in [0, 0.1) is 5.92 Å². The Bertz CT molecular complexity index is 1210. The molecule has 0 saturated heterocycles. The van der Waals surface area contributed by atoms with Gasteiger partial charge in [0.25, 0.3) is 0 Å². The van der Waals surface area contributed by atoms with E-state index in [2.05, 4.69) is 29.1 Å². The maximum Gasteiger partial charge on any atom is 0.153 e. The number of anilines is 1. The highest BCUT2D eigenvalue weighted by molar-refractivity contribution is 5.85. The fraction of sp³-hybridized carbons (Fsp3) is 0.346. The highest BCUT2D eigenvalue weighted by Gasteiger charge is 2.28. The van der Waals surface area contributed by atoms with Crippen LogP contribution in [0.15, 0.2) is 60.9 Å². The number of aromatic nitrogens is 4. The Hall–Kier alpha value is -3.45. The molecule has 4 aromatic rings. The zero-order chi connectivity index (χ0) is 22.8. The molecule has 0 amide bonds. The van der Waals surface area contributed by atoms with Gasteiger partial charge in [-0.1, -0.05) is 18.2 Å².